The van der Waals surface area contributed by atoms with Crippen LogP contribution in [0.3, 0.4) is 0 Å². The number of nitrogens with zero attached hydrogens (tertiary/aromatic N) is 2. The number of aliphatic hydroxyl groups excluding tert-OH is 1. The lowest BCUT2D eigenvalue weighted by Crippen LogP contribution is -2.58. The largest absolute Gasteiger partial charge is 0.391 e. The monoisotopic (exact) mass is 473 g/mol. The van der Waals surface area contributed by atoms with Crippen LogP contribution in [0.4, 0.5) is 4.39 Å². The first-order chi connectivity index (χ1) is 16.1. The zero-order chi connectivity index (χ0) is 24.7. The van der Waals surface area contributed by atoms with Crippen LogP contribution in [0.1, 0.15) is 38.7 Å². The Balaban J connectivity index is 1.68. The molecular weight excluding hydrogens is 441 g/mol. The summed E-state index contributed by atoms with van der Waals surface area (Å²) < 4.78 is 13.7. The smallest absolute Gasteiger partial charge is 0.248 e. The van der Waals surface area contributed by atoms with E-state index in [1.54, 1.807) is 29.8 Å². The molecule has 2 saturated heterocycles. The quantitative estimate of drug-likeness (QED) is 0.493. The number of carbonyl (C=O) groups excluding carboxylic acids is 3. The fraction of sp³-hybridized carbons (Fsp3) is 0.542. The molecule has 1 aromatic heterocycles. The van der Waals surface area contributed by atoms with Crippen molar-refractivity contribution in [3.8, 4) is 0 Å². The number of aliphatic hydroxyl groups is 1. The van der Waals surface area contributed by atoms with E-state index >= 15 is 0 Å². The summed E-state index contributed by atoms with van der Waals surface area (Å²) in [5.74, 6) is -1.37. The highest BCUT2D eigenvalue weighted by Crippen LogP contribution is 2.43. The van der Waals surface area contributed by atoms with Crippen LogP contribution in [0, 0.1) is 5.82 Å². The average molecular weight is 474 g/mol. The lowest BCUT2D eigenvalue weighted by molar-refractivity contribution is -0.140. The molecule has 3 heterocycles. The van der Waals surface area contributed by atoms with E-state index < -0.39 is 18.2 Å². The molecule has 2 fully saturated rings. The van der Waals surface area contributed by atoms with Gasteiger partial charge < -0.3 is 30.5 Å². The van der Waals surface area contributed by atoms with Crippen molar-refractivity contribution in [2.75, 3.05) is 20.1 Å². The van der Waals surface area contributed by atoms with Crippen molar-refractivity contribution in [2.24, 2.45) is 0 Å². The van der Waals surface area contributed by atoms with Gasteiger partial charge in [-0.15, -0.1) is 0 Å². The van der Waals surface area contributed by atoms with Gasteiger partial charge in [0.1, 0.15) is 11.9 Å². The summed E-state index contributed by atoms with van der Waals surface area (Å²) in [4.78, 5) is 45.2. The van der Waals surface area contributed by atoms with Gasteiger partial charge in [0.15, 0.2) is 0 Å². The van der Waals surface area contributed by atoms with Gasteiger partial charge in [0, 0.05) is 43.0 Å². The number of aromatic amines is 1. The van der Waals surface area contributed by atoms with Gasteiger partial charge in [0.2, 0.25) is 17.7 Å². The highest BCUT2D eigenvalue weighted by molar-refractivity contribution is 5.91. The number of carbonyl (C=O) groups is 3. The number of fused-ring (bicyclic) bond motifs is 2. The predicted molar refractivity (Wildman–Crippen MR) is 124 cm³/mol. The van der Waals surface area contributed by atoms with Crippen LogP contribution >= 0.6 is 0 Å². The molecule has 3 amide bonds. The second-order valence-electron chi connectivity index (χ2n) is 9.33. The molecule has 4 N–H and O–H groups in total. The lowest BCUT2D eigenvalue weighted by Gasteiger charge is -2.33. The van der Waals surface area contributed by atoms with Gasteiger partial charge in [0.05, 0.1) is 24.2 Å². The Labute approximate surface area is 197 Å². The van der Waals surface area contributed by atoms with Crippen LogP contribution in [0.2, 0.25) is 0 Å². The van der Waals surface area contributed by atoms with E-state index in [1.165, 1.54) is 26.0 Å². The van der Waals surface area contributed by atoms with Crippen molar-refractivity contribution in [3.63, 3.8) is 0 Å². The molecule has 0 unspecified atom stereocenters. The van der Waals surface area contributed by atoms with Gasteiger partial charge in [-0.1, -0.05) is 0 Å². The van der Waals surface area contributed by atoms with Gasteiger partial charge >= 0.3 is 0 Å². The first-order valence-electron chi connectivity index (χ1n) is 11.6. The molecule has 2 aliphatic heterocycles. The summed E-state index contributed by atoms with van der Waals surface area (Å²) >= 11 is 0. The normalized spacial score (nSPS) is 24.7. The number of benzene rings is 1. The molecule has 10 heteroatoms. The molecule has 2 aliphatic rings. The van der Waals surface area contributed by atoms with Gasteiger partial charge in [-0.2, -0.15) is 0 Å². The zero-order valence-corrected chi connectivity index (χ0v) is 19.8. The number of halogens is 1. The second kappa shape index (κ2) is 9.34. The summed E-state index contributed by atoms with van der Waals surface area (Å²) in [5, 5.41) is 16.7. The number of hydrogen-bond donors (Lipinski definition) is 4. The van der Waals surface area contributed by atoms with Crippen molar-refractivity contribution in [1.82, 2.24) is 25.4 Å². The Kier molecular flexibility index (Phi) is 6.64. The highest BCUT2D eigenvalue weighted by Gasteiger charge is 2.53. The zero-order valence-electron chi connectivity index (χ0n) is 19.8. The molecule has 0 radical (unpaired) electrons. The maximum Gasteiger partial charge on any atom is 0.248 e. The van der Waals surface area contributed by atoms with Crippen LogP contribution in [0.25, 0.3) is 10.9 Å². The summed E-state index contributed by atoms with van der Waals surface area (Å²) in [6.07, 6.45) is 1.33. The van der Waals surface area contributed by atoms with E-state index in [9.17, 15) is 23.9 Å². The third-order valence-electron chi connectivity index (χ3n) is 7.26. The minimum absolute atomic E-state index is 0.0686. The third-order valence-corrected chi connectivity index (χ3v) is 7.26. The number of aromatic nitrogens is 1. The number of likely N-dealkylation sites (N-methyl/N-ethyl adjacent to an activating group) is 1. The summed E-state index contributed by atoms with van der Waals surface area (Å²) in [6, 6.07) is 2.41. The fourth-order valence-electron chi connectivity index (χ4n) is 5.39. The molecule has 6 atom stereocenters. The fourth-order valence-corrected chi connectivity index (χ4v) is 5.39. The van der Waals surface area contributed by atoms with Crippen LogP contribution in [-0.4, -0.2) is 88.0 Å². The second-order valence-corrected chi connectivity index (χ2v) is 9.33. The van der Waals surface area contributed by atoms with E-state index in [2.05, 4.69) is 15.6 Å². The Morgan fingerprint density at radius 2 is 1.97 bits per heavy atom. The first kappa shape index (κ1) is 24.2. The van der Waals surface area contributed by atoms with Crippen LogP contribution < -0.4 is 10.6 Å². The van der Waals surface area contributed by atoms with Crippen LogP contribution in [0.15, 0.2) is 24.4 Å². The minimum Gasteiger partial charge on any atom is -0.391 e. The van der Waals surface area contributed by atoms with E-state index in [0.717, 1.165) is 10.9 Å². The molecular formula is C24H32FN5O4. The van der Waals surface area contributed by atoms with Gasteiger partial charge in [-0.3, -0.25) is 14.4 Å². The van der Waals surface area contributed by atoms with Gasteiger partial charge in [-0.05, 0) is 51.1 Å². The number of H-pyrrole nitrogens is 1. The van der Waals surface area contributed by atoms with Crippen molar-refractivity contribution in [1.29, 1.82) is 0 Å². The number of nitrogens with one attached hydrogen (secondary N) is 3. The lowest BCUT2D eigenvalue weighted by atomic mass is 9.91. The Hall–Kier alpha value is -2.98. The molecule has 0 aliphatic carbocycles. The van der Waals surface area contributed by atoms with Crippen LogP contribution in [-0.2, 0) is 14.4 Å². The van der Waals surface area contributed by atoms with E-state index in [1.807, 2.05) is 6.20 Å². The maximum atomic E-state index is 13.7. The van der Waals surface area contributed by atoms with Gasteiger partial charge in [0.25, 0.3) is 0 Å². The standard InChI is InChI=1S/C24H32FN5O4/c1-12(26-4)23(33)28-21(13(2)31)24(34)29-8-7-20-22(29)18(11-30(20)14(3)32)17-10-27-19-9-15(25)5-6-16(17)19/h5-6,9-10,12-13,18,20-22,26-27,31H,7-8,11H2,1-4H3,(H,28,33)/t12-,13+,18+,20+,21-,22+/m0/s1. The molecule has 184 valence electrons. The molecule has 1 aromatic carbocycles. The molecule has 0 bridgehead atoms. The Morgan fingerprint density at radius 1 is 1.24 bits per heavy atom. The Bertz CT molecular complexity index is 1100. The predicted octanol–water partition coefficient (Wildman–Crippen LogP) is 0.696. The highest BCUT2D eigenvalue weighted by atomic mass is 19.1. The molecule has 9 nitrogen and oxygen atoms in total. The van der Waals surface area contributed by atoms with E-state index in [4.69, 9.17) is 0 Å². The first-order valence-corrected chi connectivity index (χ1v) is 11.6. The topological polar surface area (TPSA) is 118 Å². The van der Waals surface area contributed by atoms with Crippen molar-refractivity contribution < 1.29 is 23.9 Å². The molecule has 0 spiro atoms. The van der Waals surface area contributed by atoms with E-state index in [0.29, 0.717) is 25.0 Å². The number of rotatable bonds is 6. The SMILES string of the molecule is CN[C@@H](C)C(=O)N[C@H](C(=O)N1CC[C@@H]2[C@H]1[C@@H](c1c[nH]c3cc(F)ccc13)CN2C(C)=O)[C@@H](C)O. The molecule has 0 saturated carbocycles. The molecule has 4 rings (SSSR count). The van der Waals surface area contributed by atoms with Gasteiger partial charge in [-0.25, -0.2) is 4.39 Å². The number of likely N-dealkylation sites (tertiary alicyclic amines) is 2. The molecule has 34 heavy (non-hydrogen) atoms. The minimum atomic E-state index is -1.11. The Morgan fingerprint density at radius 3 is 2.62 bits per heavy atom. The number of amides is 3. The summed E-state index contributed by atoms with van der Waals surface area (Å²) in [7, 11) is 1.64. The summed E-state index contributed by atoms with van der Waals surface area (Å²) in [5.41, 5.74) is 1.56. The average Bonchev–Trinajstić information content (AvgIpc) is 3.49. The maximum absolute atomic E-state index is 13.7. The molecule has 2 aromatic rings. The van der Waals surface area contributed by atoms with Crippen LogP contribution in [0.5, 0.6) is 0 Å². The van der Waals surface area contributed by atoms with E-state index in [-0.39, 0.29) is 41.5 Å². The number of hydrogen-bond acceptors (Lipinski definition) is 5. The van der Waals surface area contributed by atoms with Crippen molar-refractivity contribution in [3.05, 3.63) is 35.8 Å². The third kappa shape index (κ3) is 4.16. The summed E-state index contributed by atoms with van der Waals surface area (Å²) in [6.45, 7) is 5.50. The van der Waals surface area contributed by atoms with Crippen molar-refractivity contribution >= 4 is 28.6 Å². The van der Waals surface area contributed by atoms with Crippen molar-refractivity contribution in [2.45, 2.75) is 63.4 Å².